The number of benzene rings is 1. The molecule has 1 aromatic carbocycles. The maximum absolute atomic E-state index is 14.2. The maximum Gasteiger partial charge on any atom is 0.413 e. The van der Waals surface area contributed by atoms with E-state index in [9.17, 15) is 9.18 Å². The number of rotatable bonds is 5. The standard InChI is InChI=1S/C26H36FN3O3/c1-16(2)22(28)20-13-12-19(15-29-20)17-8-10-18(11-9-17)23-21(14-27)30(26(6,7)32-23)24(31)33-25(3,4)5/h8-13,15-16,21-23H,14,28H2,1-7H3/t21-,22?,23+/m0/s1. The quantitative estimate of drug-likeness (QED) is 0.615. The Hall–Kier alpha value is -2.51. The van der Waals surface area contributed by atoms with E-state index >= 15 is 0 Å². The molecule has 1 saturated heterocycles. The van der Waals surface area contributed by atoms with Crippen molar-refractivity contribution in [2.45, 2.75) is 78.0 Å². The molecule has 2 aromatic rings. The summed E-state index contributed by atoms with van der Waals surface area (Å²) in [5, 5.41) is 0. The molecule has 0 radical (unpaired) electrons. The molecule has 3 rings (SSSR count). The highest BCUT2D eigenvalue weighted by Gasteiger charge is 2.51. The third-order valence-electron chi connectivity index (χ3n) is 5.84. The normalized spacial score (nSPS) is 21.3. The van der Waals surface area contributed by atoms with Gasteiger partial charge in [-0.1, -0.05) is 44.2 Å². The highest BCUT2D eigenvalue weighted by atomic mass is 19.1. The van der Waals surface area contributed by atoms with Crippen molar-refractivity contribution in [3.05, 3.63) is 53.9 Å². The van der Waals surface area contributed by atoms with Crippen LogP contribution in [0.2, 0.25) is 0 Å². The molecule has 1 fully saturated rings. The van der Waals surface area contributed by atoms with Gasteiger partial charge in [0.1, 0.15) is 24.1 Å². The van der Waals surface area contributed by atoms with Gasteiger partial charge in [0.15, 0.2) is 0 Å². The summed E-state index contributed by atoms with van der Waals surface area (Å²) in [6.07, 6.45) is 0.632. The van der Waals surface area contributed by atoms with Gasteiger partial charge < -0.3 is 15.2 Å². The number of alkyl halides is 1. The summed E-state index contributed by atoms with van der Waals surface area (Å²) in [5.74, 6) is 0.307. The minimum Gasteiger partial charge on any atom is -0.444 e. The van der Waals surface area contributed by atoms with E-state index in [0.29, 0.717) is 5.92 Å². The summed E-state index contributed by atoms with van der Waals surface area (Å²) in [6, 6.07) is 10.8. The van der Waals surface area contributed by atoms with Crippen molar-refractivity contribution in [1.29, 1.82) is 0 Å². The molecule has 0 aliphatic carbocycles. The monoisotopic (exact) mass is 457 g/mol. The van der Waals surface area contributed by atoms with Crippen LogP contribution in [0.1, 0.15) is 71.9 Å². The average Bonchev–Trinajstić information content (AvgIpc) is 3.02. The molecule has 180 valence electrons. The Morgan fingerprint density at radius 1 is 1.18 bits per heavy atom. The summed E-state index contributed by atoms with van der Waals surface area (Å²) in [7, 11) is 0. The SMILES string of the molecule is CC(C)C(N)c1ccc(-c2ccc([C@H]3OC(C)(C)N(C(=O)OC(C)(C)C)[C@H]3CF)cc2)cn1. The van der Waals surface area contributed by atoms with E-state index in [1.807, 2.05) is 42.6 Å². The van der Waals surface area contributed by atoms with Crippen LogP contribution in [-0.2, 0) is 9.47 Å². The second kappa shape index (κ2) is 9.39. The fraction of sp³-hybridized carbons (Fsp3) is 0.538. The average molecular weight is 458 g/mol. The highest BCUT2D eigenvalue weighted by molar-refractivity contribution is 5.70. The molecule has 0 bridgehead atoms. The molecule has 33 heavy (non-hydrogen) atoms. The van der Waals surface area contributed by atoms with Crippen LogP contribution in [0.25, 0.3) is 11.1 Å². The first-order valence-corrected chi connectivity index (χ1v) is 11.4. The lowest BCUT2D eigenvalue weighted by Gasteiger charge is -2.34. The molecule has 2 heterocycles. The van der Waals surface area contributed by atoms with E-state index in [4.69, 9.17) is 15.2 Å². The Morgan fingerprint density at radius 3 is 2.27 bits per heavy atom. The van der Waals surface area contributed by atoms with Gasteiger partial charge in [-0.3, -0.25) is 9.88 Å². The van der Waals surface area contributed by atoms with Crippen LogP contribution < -0.4 is 5.73 Å². The van der Waals surface area contributed by atoms with Crippen LogP contribution in [-0.4, -0.2) is 40.0 Å². The van der Waals surface area contributed by atoms with Crippen LogP contribution in [0.4, 0.5) is 9.18 Å². The van der Waals surface area contributed by atoms with Gasteiger partial charge >= 0.3 is 6.09 Å². The number of hydrogen-bond acceptors (Lipinski definition) is 5. The lowest BCUT2D eigenvalue weighted by molar-refractivity contribution is -0.0797. The first kappa shape index (κ1) is 25.1. The Balaban J connectivity index is 1.82. The van der Waals surface area contributed by atoms with Crippen LogP contribution in [0.15, 0.2) is 42.6 Å². The molecule has 1 amide bonds. The van der Waals surface area contributed by atoms with Crippen molar-refractivity contribution in [1.82, 2.24) is 9.88 Å². The van der Waals surface area contributed by atoms with Crippen molar-refractivity contribution in [2.75, 3.05) is 6.67 Å². The summed E-state index contributed by atoms with van der Waals surface area (Å²) in [4.78, 5) is 18.7. The van der Waals surface area contributed by atoms with Gasteiger partial charge in [-0.15, -0.1) is 0 Å². The maximum atomic E-state index is 14.2. The first-order chi connectivity index (χ1) is 15.3. The molecular weight excluding hydrogens is 421 g/mol. The van der Waals surface area contributed by atoms with Crippen LogP contribution in [0, 0.1) is 5.92 Å². The Labute approximate surface area is 196 Å². The number of hydrogen-bond donors (Lipinski definition) is 1. The van der Waals surface area contributed by atoms with Crippen LogP contribution in [0.3, 0.4) is 0 Å². The van der Waals surface area contributed by atoms with Gasteiger partial charge in [0.05, 0.1) is 11.7 Å². The molecule has 1 aliphatic heterocycles. The number of nitrogens with two attached hydrogens (primary N) is 1. The smallest absolute Gasteiger partial charge is 0.413 e. The minimum absolute atomic E-state index is 0.102. The summed E-state index contributed by atoms with van der Waals surface area (Å²) >= 11 is 0. The second-order valence-corrected chi connectivity index (χ2v) is 10.4. The van der Waals surface area contributed by atoms with E-state index in [1.165, 1.54) is 4.90 Å². The van der Waals surface area contributed by atoms with E-state index in [2.05, 4.69) is 18.8 Å². The largest absolute Gasteiger partial charge is 0.444 e. The molecule has 1 aromatic heterocycles. The third-order valence-corrected chi connectivity index (χ3v) is 5.84. The van der Waals surface area contributed by atoms with Crippen molar-refractivity contribution in [3.8, 4) is 11.1 Å². The number of carbonyl (C=O) groups excluding carboxylic acids is 1. The number of pyridine rings is 1. The zero-order chi connectivity index (χ0) is 24.6. The molecule has 2 N–H and O–H groups in total. The molecule has 6 nitrogen and oxygen atoms in total. The number of amides is 1. The van der Waals surface area contributed by atoms with Crippen molar-refractivity contribution in [3.63, 3.8) is 0 Å². The van der Waals surface area contributed by atoms with Crippen LogP contribution >= 0.6 is 0 Å². The first-order valence-electron chi connectivity index (χ1n) is 11.4. The van der Waals surface area contributed by atoms with E-state index < -0.39 is 36.2 Å². The topological polar surface area (TPSA) is 77.7 Å². The second-order valence-electron chi connectivity index (χ2n) is 10.4. The van der Waals surface area contributed by atoms with E-state index in [1.54, 1.807) is 34.6 Å². The number of aromatic nitrogens is 1. The van der Waals surface area contributed by atoms with Gasteiger partial charge in [0.2, 0.25) is 0 Å². The van der Waals surface area contributed by atoms with E-state index in [-0.39, 0.29) is 6.04 Å². The van der Waals surface area contributed by atoms with Gasteiger partial charge in [-0.25, -0.2) is 9.18 Å². The molecule has 1 unspecified atom stereocenters. The Kier molecular flexibility index (Phi) is 7.15. The van der Waals surface area contributed by atoms with E-state index in [0.717, 1.165) is 22.4 Å². The third kappa shape index (κ3) is 5.53. The number of nitrogens with zero attached hydrogens (tertiary/aromatic N) is 2. The van der Waals surface area contributed by atoms with Crippen molar-refractivity contribution in [2.24, 2.45) is 11.7 Å². The van der Waals surface area contributed by atoms with Gasteiger partial charge in [0, 0.05) is 17.8 Å². The Bertz CT molecular complexity index is 952. The highest BCUT2D eigenvalue weighted by Crippen LogP contribution is 2.42. The molecule has 3 atom stereocenters. The Morgan fingerprint density at radius 2 is 1.79 bits per heavy atom. The minimum atomic E-state index is -1.00. The predicted molar refractivity (Wildman–Crippen MR) is 127 cm³/mol. The van der Waals surface area contributed by atoms with Crippen molar-refractivity contribution >= 4 is 6.09 Å². The fourth-order valence-corrected chi connectivity index (χ4v) is 4.07. The van der Waals surface area contributed by atoms with Gasteiger partial charge in [-0.2, -0.15) is 0 Å². The summed E-state index contributed by atoms with van der Waals surface area (Å²) in [5.41, 5.74) is 8.10. The number of halogens is 1. The van der Waals surface area contributed by atoms with Gasteiger partial charge in [0.25, 0.3) is 0 Å². The number of ether oxygens (including phenoxy) is 2. The lowest BCUT2D eigenvalue weighted by atomic mass is 9.98. The fourth-order valence-electron chi connectivity index (χ4n) is 4.07. The van der Waals surface area contributed by atoms with Crippen molar-refractivity contribution < 1.29 is 18.7 Å². The predicted octanol–water partition coefficient (Wildman–Crippen LogP) is 5.79. The van der Waals surface area contributed by atoms with Crippen LogP contribution in [0.5, 0.6) is 0 Å². The lowest BCUT2D eigenvalue weighted by Crippen LogP contribution is -2.50. The molecule has 0 spiro atoms. The number of carbonyl (C=O) groups is 1. The molecule has 0 saturated carbocycles. The zero-order valence-corrected chi connectivity index (χ0v) is 20.6. The zero-order valence-electron chi connectivity index (χ0n) is 20.6. The molecular formula is C26H36FN3O3. The summed E-state index contributed by atoms with van der Waals surface area (Å²) in [6.45, 7) is 12.3. The molecule has 7 heteroatoms. The summed E-state index contributed by atoms with van der Waals surface area (Å²) < 4.78 is 25.8. The van der Waals surface area contributed by atoms with Gasteiger partial charge in [-0.05, 0) is 57.7 Å². The molecule has 1 aliphatic rings.